The second kappa shape index (κ2) is 8.00. The minimum atomic E-state index is -0.427. The quantitative estimate of drug-likeness (QED) is 0.452. The summed E-state index contributed by atoms with van der Waals surface area (Å²) in [7, 11) is 1.69. The van der Waals surface area contributed by atoms with Crippen LogP contribution in [0, 0.1) is 5.41 Å². The molecule has 0 unspecified atom stereocenters. The fourth-order valence-corrected chi connectivity index (χ4v) is 3.55. The number of amides is 2. The van der Waals surface area contributed by atoms with E-state index in [0.29, 0.717) is 30.4 Å². The van der Waals surface area contributed by atoms with Crippen LogP contribution in [0.5, 0.6) is 0 Å². The molecule has 4 N–H and O–H groups in total. The van der Waals surface area contributed by atoms with Crippen LogP contribution in [0.25, 0.3) is 5.65 Å². The van der Waals surface area contributed by atoms with Gasteiger partial charge < -0.3 is 25.8 Å². The van der Waals surface area contributed by atoms with Gasteiger partial charge >= 0.3 is 5.91 Å². The maximum absolute atomic E-state index is 12.8. The Labute approximate surface area is 168 Å². The van der Waals surface area contributed by atoms with Crippen molar-refractivity contribution in [2.24, 2.45) is 0 Å². The van der Waals surface area contributed by atoms with Crippen molar-refractivity contribution in [2.75, 3.05) is 43.4 Å². The van der Waals surface area contributed by atoms with E-state index < -0.39 is 5.91 Å². The minimum Gasteiger partial charge on any atom is -0.340 e. The lowest BCUT2D eigenvalue weighted by atomic mass is 10.1. The van der Waals surface area contributed by atoms with Crippen LogP contribution in [-0.4, -0.2) is 70.8 Å². The van der Waals surface area contributed by atoms with Gasteiger partial charge in [0, 0.05) is 50.3 Å². The molecule has 2 aromatic rings. The van der Waals surface area contributed by atoms with Crippen molar-refractivity contribution in [1.82, 2.24) is 19.5 Å². The second-order valence-corrected chi connectivity index (χ2v) is 7.18. The predicted octanol–water partition coefficient (Wildman–Crippen LogP) is -0.403. The average molecular weight is 397 g/mol. The molecule has 0 aliphatic carbocycles. The molecule has 0 spiro atoms. The molecule has 2 aliphatic rings. The number of pyridine rings is 1. The molecule has 10 heteroatoms. The Bertz CT molecular complexity index is 985. The highest BCUT2D eigenvalue weighted by atomic mass is 16.2. The van der Waals surface area contributed by atoms with Gasteiger partial charge in [0.15, 0.2) is 5.65 Å². The molecule has 4 rings (SSSR count). The zero-order valence-corrected chi connectivity index (χ0v) is 16.4. The number of nitrogens with two attached hydrogens (primary N) is 1. The Morgan fingerprint density at radius 3 is 2.59 bits per heavy atom. The van der Waals surface area contributed by atoms with Crippen molar-refractivity contribution in [3.05, 3.63) is 29.6 Å². The number of nitrogens with one attached hydrogen (secondary N) is 2. The Morgan fingerprint density at radius 1 is 1.21 bits per heavy atom. The lowest BCUT2D eigenvalue weighted by Gasteiger charge is -2.31. The third-order valence-corrected chi connectivity index (χ3v) is 5.31. The largest absolute Gasteiger partial charge is 0.340 e. The third kappa shape index (κ3) is 3.70. The molecule has 0 aromatic carbocycles. The number of likely N-dealkylation sites (N-methyl/N-ethyl adjacent to an activating group) is 1. The summed E-state index contributed by atoms with van der Waals surface area (Å²) < 4.78 is 1.68. The molecule has 0 atom stereocenters. The third-order valence-electron chi connectivity index (χ3n) is 5.31. The highest BCUT2D eigenvalue weighted by Gasteiger charge is 2.29. The van der Waals surface area contributed by atoms with Crippen LogP contribution >= 0.6 is 0 Å². The number of hydrogen-bond donors (Lipinski definition) is 3. The fraction of sp³-hybridized carbons (Fsp3) is 0.421. The molecule has 2 saturated heterocycles. The van der Waals surface area contributed by atoms with Gasteiger partial charge in [0.05, 0.1) is 7.05 Å². The molecule has 2 aliphatic heterocycles. The van der Waals surface area contributed by atoms with Crippen LogP contribution in [0.2, 0.25) is 0 Å². The van der Waals surface area contributed by atoms with Crippen molar-refractivity contribution >= 4 is 35.3 Å². The highest BCUT2D eigenvalue weighted by molar-refractivity contribution is 6.18. The van der Waals surface area contributed by atoms with Crippen molar-refractivity contribution in [3.63, 3.8) is 0 Å². The van der Waals surface area contributed by atoms with Gasteiger partial charge in [-0.05, 0) is 25.3 Å². The zero-order valence-electron chi connectivity index (χ0n) is 16.4. The maximum Gasteiger partial charge on any atom is 0.310 e. The SMILES string of the molecule is C[NH2+]C(C(=O)Nc1ccn2nc(N3CCCC3)nc2c1)=C(C=N)C(=O)N1CCC1. The van der Waals surface area contributed by atoms with Gasteiger partial charge in [-0.3, -0.25) is 9.59 Å². The van der Waals surface area contributed by atoms with Gasteiger partial charge in [-0.1, -0.05) is 0 Å². The average Bonchev–Trinajstić information content (AvgIpc) is 3.33. The molecule has 0 saturated carbocycles. The summed E-state index contributed by atoms with van der Waals surface area (Å²) >= 11 is 0. The van der Waals surface area contributed by atoms with Crippen molar-refractivity contribution in [1.29, 1.82) is 5.41 Å². The zero-order chi connectivity index (χ0) is 20.4. The molecular formula is C19H25N8O2+. The van der Waals surface area contributed by atoms with Gasteiger partial charge in [-0.15, -0.1) is 5.10 Å². The summed E-state index contributed by atoms with van der Waals surface area (Å²) in [4.78, 5) is 33.7. The Kier molecular flexibility index (Phi) is 5.26. The second-order valence-electron chi connectivity index (χ2n) is 7.18. The molecule has 10 nitrogen and oxygen atoms in total. The van der Waals surface area contributed by atoms with E-state index in [4.69, 9.17) is 5.41 Å². The molecule has 0 radical (unpaired) electrons. The van der Waals surface area contributed by atoms with E-state index in [1.54, 1.807) is 40.1 Å². The van der Waals surface area contributed by atoms with E-state index in [-0.39, 0.29) is 17.2 Å². The van der Waals surface area contributed by atoms with Gasteiger partial charge in [0.2, 0.25) is 11.6 Å². The summed E-state index contributed by atoms with van der Waals surface area (Å²) in [6.45, 7) is 3.24. The molecule has 2 amide bonds. The first kappa shape index (κ1) is 19.1. The summed E-state index contributed by atoms with van der Waals surface area (Å²) in [5, 5.41) is 16.5. The van der Waals surface area contributed by atoms with Gasteiger partial charge in [-0.25, -0.2) is 4.52 Å². The molecule has 152 valence electrons. The normalized spacial score (nSPS) is 17.1. The summed E-state index contributed by atoms with van der Waals surface area (Å²) in [6.07, 6.45) is 5.95. The van der Waals surface area contributed by atoms with E-state index >= 15 is 0 Å². The Morgan fingerprint density at radius 2 is 1.97 bits per heavy atom. The van der Waals surface area contributed by atoms with Crippen molar-refractivity contribution in [3.8, 4) is 0 Å². The van der Waals surface area contributed by atoms with Crippen LogP contribution in [-0.2, 0) is 9.59 Å². The van der Waals surface area contributed by atoms with E-state index in [1.165, 1.54) is 0 Å². The predicted molar refractivity (Wildman–Crippen MR) is 108 cm³/mol. The summed E-state index contributed by atoms with van der Waals surface area (Å²) in [6, 6.07) is 3.49. The number of hydrogen-bond acceptors (Lipinski definition) is 6. The van der Waals surface area contributed by atoms with Crippen molar-refractivity contribution in [2.45, 2.75) is 19.3 Å². The topological polar surface area (TPSA) is 123 Å². The Balaban J connectivity index is 1.55. The number of carbonyl (C=O) groups excluding carboxylic acids is 2. The number of aromatic nitrogens is 3. The van der Waals surface area contributed by atoms with Gasteiger partial charge in [0.1, 0.15) is 5.57 Å². The van der Waals surface area contributed by atoms with Crippen LogP contribution in [0.4, 0.5) is 11.6 Å². The van der Waals surface area contributed by atoms with E-state index in [9.17, 15) is 9.59 Å². The molecular weight excluding hydrogens is 372 g/mol. The van der Waals surface area contributed by atoms with Gasteiger partial charge in [-0.2, -0.15) is 4.98 Å². The lowest BCUT2D eigenvalue weighted by molar-refractivity contribution is -0.570. The molecule has 4 heterocycles. The standard InChI is InChI=1S/C19H24N8O2/c1-21-16(14(12-20)18(29)25-8-4-9-25)17(28)22-13-5-10-27-15(11-13)23-19(24-27)26-6-2-3-7-26/h5,10-12,20-21H,2-4,6-9H2,1H3,(H,22,28)/p+1. The summed E-state index contributed by atoms with van der Waals surface area (Å²) in [5.74, 6) is -0.0131. The first-order valence-corrected chi connectivity index (χ1v) is 9.87. The van der Waals surface area contributed by atoms with Crippen LogP contribution in [0.15, 0.2) is 29.6 Å². The maximum atomic E-state index is 12.8. The number of anilines is 2. The minimum absolute atomic E-state index is 0.101. The molecule has 2 fully saturated rings. The van der Waals surface area contributed by atoms with E-state index in [0.717, 1.165) is 38.6 Å². The molecule has 0 bridgehead atoms. The van der Waals surface area contributed by atoms with Crippen LogP contribution in [0.1, 0.15) is 19.3 Å². The molecule has 29 heavy (non-hydrogen) atoms. The van der Waals surface area contributed by atoms with E-state index in [2.05, 4.69) is 20.3 Å². The Hall–Kier alpha value is -3.27. The number of carbonyl (C=O) groups is 2. The monoisotopic (exact) mass is 397 g/mol. The van der Waals surface area contributed by atoms with Crippen LogP contribution in [0.3, 0.4) is 0 Å². The first-order valence-electron chi connectivity index (χ1n) is 9.87. The fourth-order valence-electron chi connectivity index (χ4n) is 3.55. The first-order chi connectivity index (χ1) is 14.1. The van der Waals surface area contributed by atoms with E-state index in [1.807, 2.05) is 0 Å². The number of rotatable bonds is 6. The summed E-state index contributed by atoms with van der Waals surface area (Å²) in [5.41, 5.74) is 1.49. The lowest BCUT2D eigenvalue weighted by Crippen LogP contribution is -2.80. The number of nitrogens with zero attached hydrogens (tertiary/aromatic N) is 5. The van der Waals surface area contributed by atoms with Crippen LogP contribution < -0.4 is 15.5 Å². The highest BCUT2D eigenvalue weighted by Crippen LogP contribution is 2.19. The number of quaternary nitrogens is 1. The number of fused-ring (bicyclic) bond motifs is 1. The smallest absolute Gasteiger partial charge is 0.310 e. The van der Waals surface area contributed by atoms with Crippen molar-refractivity contribution < 1.29 is 14.9 Å². The number of likely N-dealkylation sites (tertiary alicyclic amines) is 1. The molecule has 2 aromatic heterocycles. The van der Waals surface area contributed by atoms with Gasteiger partial charge in [0.25, 0.3) is 5.91 Å².